The van der Waals surface area contributed by atoms with Gasteiger partial charge in [0.2, 0.25) is 5.91 Å². The van der Waals surface area contributed by atoms with E-state index in [1.807, 2.05) is 69.3 Å². The van der Waals surface area contributed by atoms with Crippen LogP contribution in [0, 0.1) is 5.41 Å². The van der Waals surface area contributed by atoms with E-state index in [1.165, 1.54) is 12.0 Å². The van der Waals surface area contributed by atoms with Gasteiger partial charge in [-0.3, -0.25) is 4.79 Å². The van der Waals surface area contributed by atoms with Crippen LogP contribution < -0.4 is 5.32 Å². The lowest BCUT2D eigenvalue weighted by molar-refractivity contribution is -0.152. The minimum absolute atomic E-state index is 0.123. The third-order valence-corrected chi connectivity index (χ3v) is 7.28. The number of esters is 1. The van der Waals surface area contributed by atoms with Crippen molar-refractivity contribution >= 4 is 24.0 Å². The third-order valence-electron chi connectivity index (χ3n) is 7.28. The number of amides is 2. The fourth-order valence-corrected chi connectivity index (χ4v) is 5.14. The molecule has 6 bridgehead atoms. The van der Waals surface area contributed by atoms with Crippen LogP contribution in [-0.2, 0) is 29.4 Å². The van der Waals surface area contributed by atoms with Crippen molar-refractivity contribution in [2.45, 2.75) is 51.3 Å². The normalized spacial score (nSPS) is 25.0. The average molecular weight is 521 g/mol. The topological polar surface area (TPSA) is 94.2 Å². The SMILES string of the molecule is COC(=O)[C@@H]1C[C@]2(OC)CN1C(=O)[C@H](C(C)(C)C)NC(=O)OCC/C=C/c1cccc(c1)-c1cccc2c1. The van der Waals surface area contributed by atoms with E-state index in [-0.39, 0.29) is 19.6 Å². The summed E-state index contributed by atoms with van der Waals surface area (Å²) in [4.78, 5) is 41.1. The molecule has 2 amide bonds. The van der Waals surface area contributed by atoms with Crippen molar-refractivity contribution in [1.82, 2.24) is 10.2 Å². The van der Waals surface area contributed by atoms with Crippen LogP contribution in [0.4, 0.5) is 4.79 Å². The lowest BCUT2D eigenvalue weighted by Gasteiger charge is -2.35. The maximum Gasteiger partial charge on any atom is 0.407 e. The largest absolute Gasteiger partial charge is 0.467 e. The number of fused-ring (bicyclic) bond motifs is 8. The van der Waals surface area contributed by atoms with Gasteiger partial charge in [-0.1, -0.05) is 69.3 Å². The Balaban J connectivity index is 1.84. The van der Waals surface area contributed by atoms with E-state index in [9.17, 15) is 14.4 Å². The van der Waals surface area contributed by atoms with E-state index < -0.39 is 41.1 Å². The smallest absolute Gasteiger partial charge is 0.407 e. The predicted octanol–water partition coefficient (Wildman–Crippen LogP) is 4.53. The quantitative estimate of drug-likeness (QED) is 0.585. The molecule has 2 aliphatic heterocycles. The zero-order valence-electron chi connectivity index (χ0n) is 22.7. The lowest BCUT2D eigenvalue weighted by Crippen LogP contribution is -2.57. The van der Waals surface area contributed by atoms with Crippen molar-refractivity contribution in [3.63, 3.8) is 0 Å². The fourth-order valence-electron chi connectivity index (χ4n) is 5.14. The molecular formula is C30H36N2O6. The summed E-state index contributed by atoms with van der Waals surface area (Å²) in [5.41, 5.74) is 2.30. The van der Waals surface area contributed by atoms with Crippen molar-refractivity contribution < 1.29 is 28.6 Å². The molecule has 2 aromatic rings. The second kappa shape index (κ2) is 11.0. The van der Waals surface area contributed by atoms with Crippen LogP contribution in [0.15, 0.2) is 54.6 Å². The number of cyclic esters (lactones) is 1. The van der Waals surface area contributed by atoms with Crippen molar-refractivity contribution in [3.8, 4) is 11.1 Å². The van der Waals surface area contributed by atoms with Crippen LogP contribution in [0.25, 0.3) is 17.2 Å². The summed E-state index contributed by atoms with van der Waals surface area (Å²) in [6.45, 7) is 5.85. The van der Waals surface area contributed by atoms with Crippen molar-refractivity contribution in [2.75, 3.05) is 27.4 Å². The Hall–Kier alpha value is -3.65. The number of ether oxygens (including phenoxy) is 3. The summed E-state index contributed by atoms with van der Waals surface area (Å²) in [6.07, 6.45) is 4.00. The lowest BCUT2D eigenvalue weighted by atomic mass is 9.85. The number of hydrogen-bond donors (Lipinski definition) is 1. The van der Waals surface area contributed by atoms with Gasteiger partial charge in [0.25, 0.3) is 0 Å². The molecule has 0 saturated carbocycles. The van der Waals surface area contributed by atoms with Crippen LogP contribution in [0.1, 0.15) is 44.7 Å². The molecule has 202 valence electrons. The molecular weight excluding hydrogens is 484 g/mol. The van der Waals surface area contributed by atoms with E-state index in [0.717, 1.165) is 22.3 Å². The summed E-state index contributed by atoms with van der Waals surface area (Å²) >= 11 is 0. The van der Waals surface area contributed by atoms with Crippen molar-refractivity contribution in [2.24, 2.45) is 5.41 Å². The molecule has 1 fully saturated rings. The Bertz CT molecular complexity index is 1230. The van der Waals surface area contributed by atoms with E-state index in [0.29, 0.717) is 6.42 Å². The summed E-state index contributed by atoms with van der Waals surface area (Å²) in [7, 11) is 2.89. The molecule has 2 aliphatic rings. The molecule has 0 spiro atoms. The maximum atomic E-state index is 14.0. The molecule has 8 heteroatoms. The van der Waals surface area contributed by atoms with Gasteiger partial charge in [0.05, 0.1) is 20.3 Å². The minimum atomic E-state index is -0.948. The molecule has 8 nitrogen and oxygen atoms in total. The van der Waals surface area contributed by atoms with Gasteiger partial charge < -0.3 is 24.4 Å². The molecule has 0 aliphatic carbocycles. The van der Waals surface area contributed by atoms with Crippen LogP contribution in [0.3, 0.4) is 0 Å². The molecule has 4 rings (SSSR count). The van der Waals surface area contributed by atoms with E-state index in [1.54, 1.807) is 7.11 Å². The Kier molecular flexibility index (Phi) is 7.92. The first-order chi connectivity index (χ1) is 18.1. The number of carbonyl (C=O) groups is 3. The highest BCUT2D eigenvalue weighted by Crippen LogP contribution is 2.41. The van der Waals surface area contributed by atoms with Gasteiger partial charge in [-0.2, -0.15) is 0 Å². The molecule has 2 aromatic carbocycles. The van der Waals surface area contributed by atoms with E-state index in [2.05, 4.69) is 17.4 Å². The highest BCUT2D eigenvalue weighted by molar-refractivity contribution is 5.91. The fraction of sp³-hybridized carbons (Fsp3) is 0.433. The van der Waals surface area contributed by atoms with Gasteiger partial charge in [-0.25, -0.2) is 9.59 Å². The highest BCUT2D eigenvalue weighted by Gasteiger charge is 2.53. The number of alkyl carbamates (subject to hydrolysis) is 1. The molecule has 38 heavy (non-hydrogen) atoms. The minimum Gasteiger partial charge on any atom is -0.467 e. The van der Waals surface area contributed by atoms with Gasteiger partial charge >= 0.3 is 12.1 Å². The van der Waals surface area contributed by atoms with Gasteiger partial charge in [0, 0.05) is 13.5 Å². The second-order valence-electron chi connectivity index (χ2n) is 10.9. The summed E-state index contributed by atoms with van der Waals surface area (Å²) in [6, 6.07) is 14.3. The maximum absolute atomic E-state index is 14.0. The third kappa shape index (κ3) is 5.60. The number of rotatable bonds is 2. The Morgan fingerprint density at radius 3 is 2.47 bits per heavy atom. The number of hydrogen-bond acceptors (Lipinski definition) is 6. The number of nitrogens with one attached hydrogen (secondary N) is 1. The van der Waals surface area contributed by atoms with Crippen LogP contribution >= 0.6 is 0 Å². The van der Waals surface area contributed by atoms with Gasteiger partial charge in [-0.05, 0) is 46.2 Å². The predicted molar refractivity (Wildman–Crippen MR) is 144 cm³/mol. The summed E-state index contributed by atoms with van der Waals surface area (Å²) in [5.74, 6) is -0.929. The number of benzene rings is 2. The molecule has 1 saturated heterocycles. The monoisotopic (exact) mass is 520 g/mol. The molecule has 3 atom stereocenters. The van der Waals surface area contributed by atoms with Crippen LogP contribution in [0.5, 0.6) is 0 Å². The van der Waals surface area contributed by atoms with Crippen molar-refractivity contribution in [3.05, 3.63) is 65.7 Å². The zero-order valence-corrected chi connectivity index (χ0v) is 22.7. The van der Waals surface area contributed by atoms with Crippen LogP contribution in [-0.4, -0.2) is 62.3 Å². The van der Waals surface area contributed by atoms with E-state index in [4.69, 9.17) is 14.2 Å². The molecule has 0 radical (unpaired) electrons. The van der Waals surface area contributed by atoms with Crippen molar-refractivity contribution in [1.29, 1.82) is 0 Å². The average Bonchev–Trinajstić information content (AvgIpc) is 3.31. The van der Waals surface area contributed by atoms with Gasteiger partial charge in [-0.15, -0.1) is 0 Å². The molecule has 2 heterocycles. The zero-order chi connectivity index (χ0) is 27.5. The number of nitrogens with zero attached hydrogens (tertiary/aromatic N) is 1. The first-order valence-corrected chi connectivity index (χ1v) is 12.8. The van der Waals surface area contributed by atoms with Gasteiger partial charge in [0.1, 0.15) is 17.7 Å². The second-order valence-corrected chi connectivity index (χ2v) is 10.9. The molecule has 1 N–H and O–H groups in total. The van der Waals surface area contributed by atoms with E-state index >= 15 is 0 Å². The Morgan fingerprint density at radius 2 is 1.79 bits per heavy atom. The standard InChI is InChI=1S/C30H36N2O6/c1-29(2,3)25-26(33)32-19-30(37-5,18-24(32)27(34)36-4)23-14-9-13-22(17-23)21-12-8-11-20(16-21)10-6-7-15-38-28(35)31-25/h6,8-14,16-17,24-25H,7,15,18-19H2,1-5H3,(H,31,35)/b10-6+/t24-,25+,30-/m0/s1. The van der Waals surface area contributed by atoms with Crippen LogP contribution in [0.2, 0.25) is 0 Å². The first-order valence-electron chi connectivity index (χ1n) is 12.8. The molecule has 0 unspecified atom stereocenters. The number of carbonyl (C=O) groups excluding carboxylic acids is 3. The summed E-state index contributed by atoms with van der Waals surface area (Å²) < 4.78 is 16.6. The number of methoxy groups -OCH3 is 2. The molecule has 0 aromatic heterocycles. The van der Waals surface area contributed by atoms with Gasteiger partial charge in [0.15, 0.2) is 0 Å². The first kappa shape index (κ1) is 27.4. The summed E-state index contributed by atoms with van der Waals surface area (Å²) in [5, 5.41) is 2.74. The highest BCUT2D eigenvalue weighted by atomic mass is 16.5. The Labute approximate surface area is 223 Å². The Morgan fingerprint density at radius 1 is 1.08 bits per heavy atom.